The molecule has 0 bridgehead atoms. The van der Waals surface area contributed by atoms with E-state index in [0.29, 0.717) is 23.9 Å². The van der Waals surface area contributed by atoms with Crippen LogP contribution in [0.1, 0.15) is 34.7 Å². The predicted octanol–water partition coefficient (Wildman–Crippen LogP) is 3.79. The van der Waals surface area contributed by atoms with Crippen LogP contribution in [-0.2, 0) is 4.79 Å². The van der Waals surface area contributed by atoms with E-state index in [0.717, 1.165) is 24.6 Å². The highest BCUT2D eigenvalue weighted by molar-refractivity contribution is 6.45. The Morgan fingerprint density at radius 2 is 2.10 bits per heavy atom. The summed E-state index contributed by atoms with van der Waals surface area (Å²) in [5.41, 5.74) is 6.66. The molecule has 7 nitrogen and oxygen atoms in total. The number of nitrogens with two attached hydrogens (primary N) is 1. The minimum atomic E-state index is -0.756. The van der Waals surface area contributed by atoms with E-state index in [2.05, 4.69) is 15.3 Å². The number of aromatic nitrogens is 2. The van der Waals surface area contributed by atoms with Crippen molar-refractivity contribution >= 4 is 40.0 Å². The molecule has 1 aromatic carbocycles. The Balaban J connectivity index is 1.58. The maximum atomic E-state index is 14.5. The van der Waals surface area contributed by atoms with Crippen LogP contribution in [0.4, 0.5) is 10.2 Å². The zero-order valence-corrected chi connectivity index (χ0v) is 17.3. The van der Waals surface area contributed by atoms with Gasteiger partial charge in [0, 0.05) is 42.6 Å². The number of carbonyl (C=O) groups is 2. The maximum absolute atomic E-state index is 14.5. The zero-order chi connectivity index (χ0) is 22.0. The molecule has 1 atom stereocenters. The monoisotopic (exact) mass is 441 g/mol. The summed E-state index contributed by atoms with van der Waals surface area (Å²) in [4.78, 5) is 34.4. The molecule has 160 valence electrons. The molecule has 0 spiro atoms. The number of amides is 1. The highest BCUT2D eigenvalue weighted by Crippen LogP contribution is 2.30. The highest BCUT2D eigenvalue weighted by Gasteiger charge is 2.31. The summed E-state index contributed by atoms with van der Waals surface area (Å²) in [7, 11) is 0. The van der Waals surface area contributed by atoms with E-state index in [4.69, 9.17) is 17.3 Å². The average molecular weight is 442 g/mol. The molecule has 4 rings (SSSR count). The van der Waals surface area contributed by atoms with Gasteiger partial charge in [-0.15, -0.1) is 0 Å². The fourth-order valence-electron chi connectivity index (χ4n) is 3.95. The number of likely N-dealkylation sites (tertiary alicyclic amines) is 1. The Hall–Kier alpha value is -3.39. The van der Waals surface area contributed by atoms with Gasteiger partial charge in [0.05, 0.1) is 22.7 Å². The number of hydrogen-bond acceptors (Lipinski definition) is 5. The summed E-state index contributed by atoms with van der Waals surface area (Å²) in [6.45, 7) is 0.905. The van der Waals surface area contributed by atoms with Gasteiger partial charge in [-0.2, -0.15) is 0 Å². The quantitative estimate of drug-likeness (QED) is 0.413. The van der Waals surface area contributed by atoms with Crippen LogP contribution in [0.3, 0.4) is 0 Å². The lowest BCUT2D eigenvalue weighted by Gasteiger charge is -2.32. The minimum absolute atomic E-state index is 0.0201. The van der Waals surface area contributed by atoms with E-state index in [1.165, 1.54) is 18.6 Å². The Labute approximate surface area is 183 Å². The van der Waals surface area contributed by atoms with Crippen molar-refractivity contribution in [2.45, 2.75) is 18.8 Å². The first-order valence-corrected chi connectivity index (χ1v) is 10.2. The van der Waals surface area contributed by atoms with Crippen molar-refractivity contribution in [2.24, 2.45) is 5.73 Å². The third-order valence-corrected chi connectivity index (χ3v) is 5.72. The molecule has 31 heavy (non-hydrogen) atoms. The maximum Gasteiger partial charge on any atom is 0.295 e. The van der Waals surface area contributed by atoms with Gasteiger partial charge in [0.25, 0.3) is 11.7 Å². The number of rotatable bonds is 5. The van der Waals surface area contributed by atoms with E-state index in [1.807, 2.05) is 24.3 Å². The SMILES string of the molecule is N/C=C\Nc1ncc(F)c2c(C(=O)C(=O)N3CCCC(c4ccc(Cl)cc4)C3)c[nH]c12. The molecule has 1 aliphatic heterocycles. The number of nitrogens with one attached hydrogen (secondary N) is 2. The Kier molecular flexibility index (Phi) is 5.90. The van der Waals surface area contributed by atoms with Crippen molar-refractivity contribution in [3.05, 3.63) is 71.0 Å². The zero-order valence-electron chi connectivity index (χ0n) is 16.6. The molecule has 1 unspecified atom stereocenters. The lowest BCUT2D eigenvalue weighted by Crippen LogP contribution is -2.42. The largest absolute Gasteiger partial charge is 0.403 e. The Bertz CT molecular complexity index is 1160. The smallest absolute Gasteiger partial charge is 0.295 e. The summed E-state index contributed by atoms with van der Waals surface area (Å²) in [6, 6.07) is 7.51. The first kappa shape index (κ1) is 20.9. The number of anilines is 1. The summed E-state index contributed by atoms with van der Waals surface area (Å²) >= 11 is 5.97. The predicted molar refractivity (Wildman–Crippen MR) is 117 cm³/mol. The molecule has 1 aliphatic rings. The van der Waals surface area contributed by atoms with Gasteiger partial charge in [-0.1, -0.05) is 23.7 Å². The van der Waals surface area contributed by atoms with E-state index >= 15 is 0 Å². The third-order valence-electron chi connectivity index (χ3n) is 5.47. The molecular weight excluding hydrogens is 421 g/mol. The number of fused-ring (bicyclic) bond motifs is 1. The fraction of sp³-hybridized carbons (Fsp3) is 0.227. The number of pyridine rings is 1. The van der Waals surface area contributed by atoms with E-state index in [-0.39, 0.29) is 22.4 Å². The van der Waals surface area contributed by atoms with Crippen LogP contribution in [0.5, 0.6) is 0 Å². The van der Waals surface area contributed by atoms with Gasteiger partial charge in [-0.05, 0) is 30.5 Å². The number of carbonyl (C=O) groups excluding carboxylic acids is 2. The van der Waals surface area contributed by atoms with Crippen LogP contribution in [0.2, 0.25) is 5.02 Å². The van der Waals surface area contributed by atoms with Crippen molar-refractivity contribution in [1.82, 2.24) is 14.9 Å². The summed E-state index contributed by atoms with van der Waals surface area (Å²) in [6.07, 6.45) is 6.73. The van der Waals surface area contributed by atoms with Crippen molar-refractivity contribution in [2.75, 3.05) is 18.4 Å². The molecule has 0 radical (unpaired) electrons. The van der Waals surface area contributed by atoms with Gasteiger partial charge in [-0.3, -0.25) is 9.59 Å². The third kappa shape index (κ3) is 4.11. The highest BCUT2D eigenvalue weighted by atomic mass is 35.5. The van der Waals surface area contributed by atoms with Gasteiger partial charge in [0.1, 0.15) is 0 Å². The normalized spacial score (nSPS) is 16.7. The lowest BCUT2D eigenvalue weighted by molar-refractivity contribution is -0.127. The first-order valence-electron chi connectivity index (χ1n) is 9.87. The van der Waals surface area contributed by atoms with Gasteiger partial charge in [0.15, 0.2) is 11.6 Å². The molecular formula is C22H21ClFN5O2. The Morgan fingerprint density at radius 1 is 1.32 bits per heavy atom. The molecule has 4 N–H and O–H groups in total. The second-order valence-electron chi connectivity index (χ2n) is 7.38. The number of aromatic amines is 1. The number of piperidine rings is 1. The van der Waals surface area contributed by atoms with Crippen LogP contribution in [0, 0.1) is 5.82 Å². The number of hydrogen-bond donors (Lipinski definition) is 3. The lowest BCUT2D eigenvalue weighted by atomic mass is 9.90. The second kappa shape index (κ2) is 8.77. The van der Waals surface area contributed by atoms with Gasteiger partial charge in [0.2, 0.25) is 0 Å². The van der Waals surface area contributed by atoms with Crippen molar-refractivity contribution in [3.63, 3.8) is 0 Å². The molecule has 0 saturated carbocycles. The molecule has 1 fully saturated rings. The summed E-state index contributed by atoms with van der Waals surface area (Å²) in [5.74, 6) is -1.68. The fourth-order valence-corrected chi connectivity index (χ4v) is 4.08. The minimum Gasteiger partial charge on any atom is -0.403 e. The van der Waals surface area contributed by atoms with Crippen LogP contribution in [0.25, 0.3) is 10.9 Å². The molecule has 3 heterocycles. The van der Waals surface area contributed by atoms with Gasteiger partial charge >= 0.3 is 0 Å². The first-order chi connectivity index (χ1) is 15.0. The van der Waals surface area contributed by atoms with E-state index < -0.39 is 17.5 Å². The number of halogens is 2. The van der Waals surface area contributed by atoms with Crippen molar-refractivity contribution in [3.8, 4) is 0 Å². The molecule has 1 amide bonds. The summed E-state index contributed by atoms with van der Waals surface area (Å²) < 4.78 is 14.5. The van der Waals surface area contributed by atoms with Gasteiger partial charge < -0.3 is 20.9 Å². The Morgan fingerprint density at radius 3 is 2.84 bits per heavy atom. The summed E-state index contributed by atoms with van der Waals surface area (Å²) in [5, 5.41) is 3.48. The van der Waals surface area contributed by atoms with E-state index in [9.17, 15) is 14.0 Å². The van der Waals surface area contributed by atoms with Crippen molar-refractivity contribution < 1.29 is 14.0 Å². The number of ketones is 1. The molecule has 2 aromatic heterocycles. The van der Waals surface area contributed by atoms with Crippen LogP contribution < -0.4 is 11.1 Å². The molecule has 9 heteroatoms. The average Bonchev–Trinajstić information content (AvgIpc) is 3.24. The number of H-pyrrole nitrogens is 1. The van der Waals surface area contributed by atoms with Crippen molar-refractivity contribution in [1.29, 1.82) is 0 Å². The topological polar surface area (TPSA) is 104 Å². The van der Waals surface area contributed by atoms with Crippen LogP contribution in [-0.4, -0.2) is 39.6 Å². The number of nitrogens with zero attached hydrogens (tertiary/aromatic N) is 2. The van der Waals surface area contributed by atoms with Crippen LogP contribution in [0.15, 0.2) is 49.1 Å². The van der Waals surface area contributed by atoms with E-state index in [1.54, 1.807) is 4.90 Å². The molecule has 3 aromatic rings. The standard InChI is InChI=1S/C22H21ClFN5O2/c23-15-5-3-13(4-6-15)14-2-1-9-29(12-14)22(31)20(30)16-10-27-19-18(16)17(24)11-28-21(19)26-8-7-25/h3-8,10-11,14,27H,1-2,9,12,25H2,(H,26,28)/b8-7-. The van der Waals surface area contributed by atoms with Crippen LogP contribution >= 0.6 is 11.6 Å². The molecule has 1 saturated heterocycles. The molecule has 0 aliphatic carbocycles. The number of benzene rings is 1. The second-order valence-corrected chi connectivity index (χ2v) is 7.82. The van der Waals surface area contributed by atoms with Gasteiger partial charge in [-0.25, -0.2) is 9.37 Å². The number of Topliss-reactive ketones (excluding diaryl/α,β-unsaturated/α-hetero) is 1.